The van der Waals surface area contributed by atoms with Crippen LogP contribution >= 0.6 is 0 Å². The van der Waals surface area contributed by atoms with Crippen molar-refractivity contribution < 1.29 is 4.74 Å². The van der Waals surface area contributed by atoms with Crippen LogP contribution in [0.15, 0.2) is 48.7 Å². The number of aryl methyl sites for hydroxylation is 1. The first-order valence-electron chi connectivity index (χ1n) is 7.36. The van der Waals surface area contributed by atoms with E-state index in [-0.39, 0.29) is 0 Å². The van der Waals surface area contributed by atoms with Gasteiger partial charge < -0.3 is 4.74 Å². The number of terminal acetylenes is 1. The standard InChI is InChI=1S/C19H18N2O/c1-3-8-17-15(2)20-19-18(11-7-13-21(17)19)22-14-12-16-9-5-4-6-10-16/h1,4-7,9-11,13H,8,12,14H2,2H3. The molecule has 0 radical (unpaired) electrons. The molecule has 0 saturated heterocycles. The molecule has 0 bridgehead atoms. The monoisotopic (exact) mass is 290 g/mol. The van der Waals surface area contributed by atoms with Gasteiger partial charge in [-0.1, -0.05) is 30.3 Å². The average molecular weight is 290 g/mol. The zero-order chi connectivity index (χ0) is 15.4. The molecule has 0 aliphatic carbocycles. The maximum absolute atomic E-state index is 5.93. The predicted molar refractivity (Wildman–Crippen MR) is 88.1 cm³/mol. The van der Waals surface area contributed by atoms with Gasteiger partial charge in [0.2, 0.25) is 0 Å². The molecule has 0 atom stereocenters. The summed E-state index contributed by atoms with van der Waals surface area (Å²) in [5, 5.41) is 0. The number of aromatic nitrogens is 2. The van der Waals surface area contributed by atoms with Crippen LogP contribution in [0.2, 0.25) is 0 Å². The van der Waals surface area contributed by atoms with Crippen molar-refractivity contribution in [3.8, 4) is 18.1 Å². The summed E-state index contributed by atoms with van der Waals surface area (Å²) in [7, 11) is 0. The fraction of sp³-hybridized carbons (Fsp3) is 0.211. The Labute approximate surface area is 130 Å². The Kier molecular flexibility index (Phi) is 4.11. The highest BCUT2D eigenvalue weighted by molar-refractivity contribution is 5.56. The fourth-order valence-electron chi connectivity index (χ4n) is 2.55. The molecule has 0 fully saturated rings. The second kappa shape index (κ2) is 6.36. The van der Waals surface area contributed by atoms with Crippen molar-refractivity contribution in [1.82, 2.24) is 9.38 Å². The lowest BCUT2D eigenvalue weighted by atomic mass is 10.2. The molecule has 0 aliphatic heterocycles. The van der Waals surface area contributed by atoms with Gasteiger partial charge >= 0.3 is 0 Å². The minimum atomic E-state index is 0.570. The molecule has 0 unspecified atom stereocenters. The van der Waals surface area contributed by atoms with Crippen molar-refractivity contribution in [2.75, 3.05) is 6.61 Å². The molecule has 2 heterocycles. The molecular weight excluding hydrogens is 272 g/mol. The summed E-state index contributed by atoms with van der Waals surface area (Å²) in [5.41, 5.74) is 4.10. The summed E-state index contributed by atoms with van der Waals surface area (Å²) in [6.45, 7) is 2.60. The summed E-state index contributed by atoms with van der Waals surface area (Å²) in [6, 6.07) is 14.2. The van der Waals surface area contributed by atoms with Crippen LogP contribution in [0.25, 0.3) is 5.65 Å². The lowest BCUT2D eigenvalue weighted by molar-refractivity contribution is 0.324. The van der Waals surface area contributed by atoms with Gasteiger partial charge in [-0.25, -0.2) is 4.98 Å². The van der Waals surface area contributed by atoms with Gasteiger partial charge in [0.1, 0.15) is 0 Å². The second-order valence-corrected chi connectivity index (χ2v) is 5.17. The van der Waals surface area contributed by atoms with Gasteiger partial charge in [0.25, 0.3) is 0 Å². The number of fused-ring (bicyclic) bond motifs is 1. The number of rotatable bonds is 5. The van der Waals surface area contributed by atoms with E-state index < -0.39 is 0 Å². The number of hydrogen-bond donors (Lipinski definition) is 0. The highest BCUT2D eigenvalue weighted by atomic mass is 16.5. The van der Waals surface area contributed by atoms with Crippen LogP contribution in [0.1, 0.15) is 17.0 Å². The number of ether oxygens (including phenoxy) is 1. The highest BCUT2D eigenvalue weighted by Gasteiger charge is 2.11. The first kappa shape index (κ1) is 14.2. The third kappa shape index (κ3) is 2.82. The van der Waals surface area contributed by atoms with E-state index in [2.05, 4.69) is 23.0 Å². The Balaban J connectivity index is 1.79. The first-order chi connectivity index (χ1) is 10.8. The summed E-state index contributed by atoms with van der Waals surface area (Å²) < 4.78 is 7.96. The van der Waals surface area contributed by atoms with Crippen molar-refractivity contribution in [2.45, 2.75) is 19.8 Å². The van der Waals surface area contributed by atoms with E-state index in [0.29, 0.717) is 13.0 Å². The van der Waals surface area contributed by atoms with E-state index in [0.717, 1.165) is 29.2 Å². The Hall–Kier alpha value is -2.73. The van der Waals surface area contributed by atoms with Crippen LogP contribution in [0, 0.1) is 19.3 Å². The lowest BCUT2D eigenvalue weighted by Crippen LogP contribution is -2.03. The van der Waals surface area contributed by atoms with Crippen LogP contribution in [0.4, 0.5) is 0 Å². The van der Waals surface area contributed by atoms with Crippen LogP contribution in [-0.2, 0) is 12.8 Å². The second-order valence-electron chi connectivity index (χ2n) is 5.17. The van der Waals surface area contributed by atoms with Crippen molar-refractivity contribution in [1.29, 1.82) is 0 Å². The van der Waals surface area contributed by atoms with Crippen molar-refractivity contribution in [3.63, 3.8) is 0 Å². The molecule has 3 rings (SSSR count). The van der Waals surface area contributed by atoms with Crippen LogP contribution < -0.4 is 4.74 Å². The minimum absolute atomic E-state index is 0.570. The van der Waals surface area contributed by atoms with Gasteiger partial charge in [0.15, 0.2) is 11.4 Å². The average Bonchev–Trinajstić information content (AvgIpc) is 2.86. The number of hydrogen-bond acceptors (Lipinski definition) is 2. The van der Waals surface area contributed by atoms with Gasteiger partial charge in [0, 0.05) is 12.6 Å². The largest absolute Gasteiger partial charge is 0.489 e. The predicted octanol–water partition coefficient (Wildman–Crippen LogP) is 3.44. The maximum atomic E-state index is 5.93. The fourth-order valence-corrected chi connectivity index (χ4v) is 2.55. The molecular formula is C19H18N2O. The van der Waals surface area contributed by atoms with Gasteiger partial charge in [-0.15, -0.1) is 12.3 Å². The molecule has 1 aromatic carbocycles. The molecule has 3 nitrogen and oxygen atoms in total. The quantitative estimate of drug-likeness (QED) is 0.673. The lowest BCUT2D eigenvalue weighted by Gasteiger charge is -2.08. The molecule has 3 aromatic rings. The topological polar surface area (TPSA) is 26.5 Å². The summed E-state index contributed by atoms with van der Waals surface area (Å²) >= 11 is 0. The third-order valence-corrected chi connectivity index (χ3v) is 3.67. The molecule has 2 aromatic heterocycles. The zero-order valence-electron chi connectivity index (χ0n) is 12.6. The Bertz CT molecular complexity index is 813. The normalized spacial score (nSPS) is 10.5. The maximum Gasteiger partial charge on any atom is 0.180 e. The molecule has 22 heavy (non-hydrogen) atoms. The molecule has 0 saturated carbocycles. The zero-order valence-corrected chi connectivity index (χ0v) is 12.6. The van der Waals surface area contributed by atoms with Gasteiger partial charge in [-0.2, -0.15) is 0 Å². The molecule has 0 spiro atoms. The summed E-state index contributed by atoms with van der Waals surface area (Å²) in [5.74, 6) is 3.48. The van der Waals surface area contributed by atoms with E-state index in [9.17, 15) is 0 Å². The summed E-state index contributed by atoms with van der Waals surface area (Å²) in [6.07, 6.45) is 8.86. The number of pyridine rings is 1. The molecule has 0 amide bonds. The smallest absolute Gasteiger partial charge is 0.180 e. The van der Waals surface area contributed by atoms with E-state index in [1.807, 2.05) is 47.9 Å². The SMILES string of the molecule is C#CCc1c(C)nc2c(OCCc3ccccc3)cccn12. The Morgan fingerprint density at radius 3 is 2.77 bits per heavy atom. The van der Waals surface area contributed by atoms with Crippen LogP contribution in [0.3, 0.4) is 0 Å². The number of imidazole rings is 1. The van der Waals surface area contributed by atoms with E-state index in [1.54, 1.807) is 0 Å². The number of nitrogens with zero attached hydrogens (tertiary/aromatic N) is 2. The molecule has 3 heteroatoms. The van der Waals surface area contributed by atoms with Gasteiger partial charge in [-0.3, -0.25) is 4.40 Å². The van der Waals surface area contributed by atoms with Crippen molar-refractivity contribution in [2.24, 2.45) is 0 Å². The molecule has 0 N–H and O–H groups in total. The van der Waals surface area contributed by atoms with E-state index in [1.165, 1.54) is 5.56 Å². The highest BCUT2D eigenvalue weighted by Crippen LogP contribution is 2.22. The van der Waals surface area contributed by atoms with Crippen LogP contribution in [-0.4, -0.2) is 16.0 Å². The third-order valence-electron chi connectivity index (χ3n) is 3.67. The van der Waals surface area contributed by atoms with Crippen LogP contribution in [0.5, 0.6) is 5.75 Å². The Morgan fingerprint density at radius 2 is 2.00 bits per heavy atom. The first-order valence-corrected chi connectivity index (χ1v) is 7.36. The minimum Gasteiger partial charge on any atom is -0.489 e. The van der Waals surface area contributed by atoms with Gasteiger partial charge in [-0.05, 0) is 24.6 Å². The number of benzene rings is 1. The van der Waals surface area contributed by atoms with Crippen molar-refractivity contribution in [3.05, 3.63) is 65.6 Å². The Morgan fingerprint density at radius 1 is 1.18 bits per heavy atom. The molecule has 0 aliphatic rings. The van der Waals surface area contributed by atoms with Gasteiger partial charge in [0.05, 0.1) is 24.4 Å². The van der Waals surface area contributed by atoms with Crippen molar-refractivity contribution >= 4 is 5.65 Å². The van der Waals surface area contributed by atoms with E-state index >= 15 is 0 Å². The summed E-state index contributed by atoms with van der Waals surface area (Å²) in [4.78, 5) is 4.60. The molecule has 110 valence electrons. The van der Waals surface area contributed by atoms with E-state index in [4.69, 9.17) is 11.2 Å².